The normalized spacial score (nSPS) is 24.9. The molecule has 3 heterocycles. The zero-order chi connectivity index (χ0) is 18.0. The maximum Gasteiger partial charge on any atom is 0.410 e. The van der Waals surface area contributed by atoms with Crippen molar-refractivity contribution >= 4 is 12.0 Å². The minimum Gasteiger partial charge on any atom is -0.441 e. The summed E-state index contributed by atoms with van der Waals surface area (Å²) in [5.74, 6) is 0.208. The van der Waals surface area contributed by atoms with E-state index in [4.69, 9.17) is 9.47 Å². The lowest BCUT2D eigenvalue weighted by Gasteiger charge is -2.38. The second-order valence-corrected chi connectivity index (χ2v) is 7.59. The number of amides is 2. The number of benzene rings is 1. The van der Waals surface area contributed by atoms with Gasteiger partial charge in [-0.1, -0.05) is 30.3 Å². The number of carbonyl (C=O) groups is 2. The van der Waals surface area contributed by atoms with Crippen LogP contribution in [0.2, 0.25) is 0 Å². The molecule has 0 saturated carbocycles. The Morgan fingerprint density at radius 3 is 2.65 bits per heavy atom. The summed E-state index contributed by atoms with van der Waals surface area (Å²) in [5, 5.41) is 0. The molecule has 26 heavy (non-hydrogen) atoms. The fourth-order valence-electron chi connectivity index (χ4n) is 4.16. The van der Waals surface area contributed by atoms with E-state index in [0.29, 0.717) is 39.4 Å². The van der Waals surface area contributed by atoms with Crippen molar-refractivity contribution in [1.29, 1.82) is 0 Å². The highest BCUT2D eigenvalue weighted by Gasteiger charge is 2.47. The number of rotatable bonds is 4. The van der Waals surface area contributed by atoms with E-state index in [1.165, 1.54) is 5.56 Å². The third-order valence-electron chi connectivity index (χ3n) is 5.82. The van der Waals surface area contributed by atoms with Gasteiger partial charge in [0.25, 0.3) is 0 Å². The fraction of sp³-hybridized carbons (Fsp3) is 0.600. The molecule has 0 aliphatic carbocycles. The highest BCUT2D eigenvalue weighted by molar-refractivity contribution is 5.79. The molecule has 1 atom stereocenters. The third kappa shape index (κ3) is 3.56. The Morgan fingerprint density at radius 1 is 1.19 bits per heavy atom. The Hall–Kier alpha value is -2.08. The highest BCUT2D eigenvalue weighted by atomic mass is 16.6. The Kier molecular flexibility index (Phi) is 4.85. The fourth-order valence-corrected chi connectivity index (χ4v) is 4.16. The quantitative estimate of drug-likeness (QED) is 0.827. The average molecular weight is 358 g/mol. The predicted octanol–water partition coefficient (Wildman–Crippen LogP) is 2.08. The summed E-state index contributed by atoms with van der Waals surface area (Å²) in [5.41, 5.74) is 0.803. The smallest absolute Gasteiger partial charge is 0.410 e. The summed E-state index contributed by atoms with van der Waals surface area (Å²) in [4.78, 5) is 28.6. The molecule has 4 rings (SSSR count). The van der Waals surface area contributed by atoms with Gasteiger partial charge in [-0.15, -0.1) is 0 Å². The van der Waals surface area contributed by atoms with Crippen molar-refractivity contribution in [1.82, 2.24) is 9.80 Å². The lowest BCUT2D eigenvalue weighted by molar-refractivity contribution is -0.138. The van der Waals surface area contributed by atoms with E-state index in [9.17, 15) is 9.59 Å². The minimum atomic E-state index is -0.420. The Balaban J connectivity index is 1.30. The molecule has 1 aromatic rings. The summed E-state index contributed by atoms with van der Waals surface area (Å²) in [7, 11) is 0. The number of likely N-dealkylation sites (tertiary alicyclic amines) is 1. The summed E-state index contributed by atoms with van der Waals surface area (Å²) in [6.45, 7) is 3.86. The van der Waals surface area contributed by atoms with Crippen LogP contribution in [-0.4, -0.2) is 66.8 Å². The molecule has 140 valence electrons. The number of ether oxygens (including phenoxy) is 2. The van der Waals surface area contributed by atoms with Crippen LogP contribution in [0.1, 0.15) is 24.8 Å². The number of piperidine rings is 1. The molecule has 3 fully saturated rings. The zero-order valence-electron chi connectivity index (χ0n) is 15.1. The molecule has 0 bridgehead atoms. The van der Waals surface area contributed by atoms with Crippen LogP contribution in [0, 0.1) is 5.92 Å². The van der Waals surface area contributed by atoms with Gasteiger partial charge in [0, 0.05) is 39.1 Å². The van der Waals surface area contributed by atoms with Crippen LogP contribution < -0.4 is 0 Å². The van der Waals surface area contributed by atoms with Crippen LogP contribution >= 0.6 is 0 Å². The van der Waals surface area contributed by atoms with E-state index >= 15 is 0 Å². The maximum absolute atomic E-state index is 12.5. The number of hydrogen-bond acceptors (Lipinski definition) is 4. The topological polar surface area (TPSA) is 59.1 Å². The predicted molar refractivity (Wildman–Crippen MR) is 95.7 cm³/mol. The lowest BCUT2D eigenvalue weighted by atomic mass is 9.90. The van der Waals surface area contributed by atoms with Crippen LogP contribution in [0.5, 0.6) is 0 Å². The summed E-state index contributed by atoms with van der Waals surface area (Å²) in [6.07, 6.45) is 2.88. The molecule has 3 saturated heterocycles. The van der Waals surface area contributed by atoms with Crippen molar-refractivity contribution in [3.05, 3.63) is 35.9 Å². The van der Waals surface area contributed by atoms with Crippen molar-refractivity contribution < 1.29 is 19.1 Å². The molecular weight excluding hydrogens is 332 g/mol. The van der Waals surface area contributed by atoms with E-state index in [1.54, 1.807) is 0 Å². The Bertz CT molecular complexity index is 649. The van der Waals surface area contributed by atoms with Gasteiger partial charge in [-0.25, -0.2) is 4.79 Å². The van der Waals surface area contributed by atoms with Crippen molar-refractivity contribution in [2.45, 2.75) is 31.3 Å². The molecule has 3 aliphatic heterocycles. The average Bonchev–Trinajstić information content (AvgIpc) is 3.30. The van der Waals surface area contributed by atoms with Crippen LogP contribution in [-0.2, 0) is 20.7 Å². The molecule has 0 radical (unpaired) electrons. The molecule has 3 aliphatic rings. The van der Waals surface area contributed by atoms with Crippen LogP contribution in [0.25, 0.3) is 0 Å². The van der Waals surface area contributed by atoms with Crippen molar-refractivity contribution in [3.63, 3.8) is 0 Å². The molecule has 0 aromatic heterocycles. The van der Waals surface area contributed by atoms with Crippen LogP contribution in [0.4, 0.5) is 4.79 Å². The van der Waals surface area contributed by atoms with Gasteiger partial charge in [0.2, 0.25) is 5.91 Å². The maximum atomic E-state index is 12.5. The molecule has 0 unspecified atom stereocenters. The second-order valence-electron chi connectivity index (χ2n) is 7.59. The SMILES string of the molecule is O=C1OC2(CCN(C(=O)[C@@H]3CCOC3)CC2)CN1CCc1ccccc1. The van der Waals surface area contributed by atoms with Crippen LogP contribution in [0.15, 0.2) is 30.3 Å². The van der Waals surface area contributed by atoms with Crippen LogP contribution in [0.3, 0.4) is 0 Å². The molecule has 0 N–H and O–H groups in total. The van der Waals surface area contributed by atoms with Gasteiger partial charge in [0.1, 0.15) is 5.60 Å². The highest BCUT2D eigenvalue weighted by Crippen LogP contribution is 2.34. The number of hydrogen-bond donors (Lipinski definition) is 0. The molecule has 2 amide bonds. The Morgan fingerprint density at radius 2 is 1.96 bits per heavy atom. The van der Waals surface area contributed by atoms with Gasteiger partial charge in [-0.2, -0.15) is 0 Å². The minimum absolute atomic E-state index is 0.0116. The molecule has 6 nitrogen and oxygen atoms in total. The monoisotopic (exact) mass is 358 g/mol. The van der Waals surface area contributed by atoms with E-state index in [2.05, 4.69) is 12.1 Å². The lowest BCUT2D eigenvalue weighted by Crippen LogP contribution is -2.50. The van der Waals surface area contributed by atoms with Gasteiger partial charge in [-0.3, -0.25) is 4.79 Å². The summed E-state index contributed by atoms with van der Waals surface area (Å²) in [6, 6.07) is 10.2. The van der Waals surface area contributed by atoms with Gasteiger partial charge >= 0.3 is 6.09 Å². The first kappa shape index (κ1) is 17.3. The first-order valence-electron chi connectivity index (χ1n) is 9.54. The van der Waals surface area contributed by atoms with Gasteiger partial charge in [0.15, 0.2) is 0 Å². The molecular formula is C20H26N2O4. The van der Waals surface area contributed by atoms with E-state index < -0.39 is 5.60 Å². The first-order valence-corrected chi connectivity index (χ1v) is 9.54. The summed E-state index contributed by atoms with van der Waals surface area (Å²) >= 11 is 0. The number of nitrogens with zero attached hydrogens (tertiary/aromatic N) is 2. The van der Waals surface area contributed by atoms with Crippen molar-refractivity contribution in [3.8, 4) is 0 Å². The molecule has 6 heteroatoms. The standard InChI is InChI=1S/C20H26N2O4/c23-18(17-7-13-25-14-17)21-11-8-20(9-12-21)15-22(19(24)26-20)10-6-16-4-2-1-3-5-16/h1-5,17H,6-15H2/t17-/m1/s1. The largest absolute Gasteiger partial charge is 0.441 e. The number of carbonyl (C=O) groups excluding carboxylic acids is 2. The van der Waals surface area contributed by atoms with Crippen molar-refractivity contribution in [2.75, 3.05) is 39.4 Å². The van der Waals surface area contributed by atoms with E-state index in [1.807, 2.05) is 28.0 Å². The first-order chi connectivity index (χ1) is 12.7. The van der Waals surface area contributed by atoms with Gasteiger partial charge < -0.3 is 19.3 Å². The van der Waals surface area contributed by atoms with Gasteiger partial charge in [-0.05, 0) is 18.4 Å². The molecule has 1 spiro atoms. The third-order valence-corrected chi connectivity index (χ3v) is 5.82. The second kappa shape index (κ2) is 7.27. The van der Waals surface area contributed by atoms with E-state index in [0.717, 1.165) is 25.7 Å². The Labute approximate surface area is 154 Å². The van der Waals surface area contributed by atoms with Gasteiger partial charge in [0.05, 0.1) is 19.1 Å². The molecule has 1 aromatic carbocycles. The van der Waals surface area contributed by atoms with Crippen molar-refractivity contribution in [2.24, 2.45) is 5.92 Å². The van der Waals surface area contributed by atoms with E-state index in [-0.39, 0.29) is 17.9 Å². The zero-order valence-corrected chi connectivity index (χ0v) is 15.1. The summed E-state index contributed by atoms with van der Waals surface area (Å²) < 4.78 is 11.1.